The third kappa shape index (κ3) is 2.70. The molecule has 1 heterocycles. The molecule has 3 heteroatoms. The molecule has 0 aliphatic rings. The van der Waals surface area contributed by atoms with Crippen LogP contribution in [0.5, 0.6) is 0 Å². The molecule has 0 N–H and O–H groups in total. The van der Waals surface area contributed by atoms with Crippen LogP contribution in [0.15, 0.2) is 24.4 Å². The molecule has 0 aliphatic heterocycles. The van der Waals surface area contributed by atoms with Crippen LogP contribution in [0.25, 0.3) is 0 Å². The van der Waals surface area contributed by atoms with E-state index in [0.29, 0.717) is 0 Å². The van der Waals surface area contributed by atoms with E-state index in [9.17, 15) is 4.79 Å². The lowest BCUT2D eigenvalue weighted by Crippen LogP contribution is -2.03. The Morgan fingerprint density at radius 1 is 1.58 bits per heavy atom. The highest BCUT2D eigenvalue weighted by molar-refractivity contribution is 5.69. The van der Waals surface area contributed by atoms with Gasteiger partial charge in [-0.2, -0.15) is 0 Å². The molecule has 0 fully saturated rings. The van der Waals surface area contributed by atoms with Crippen molar-refractivity contribution in [2.45, 2.75) is 13.0 Å². The van der Waals surface area contributed by atoms with Crippen molar-refractivity contribution in [1.82, 2.24) is 4.98 Å². The van der Waals surface area contributed by atoms with Gasteiger partial charge in [-0.15, -0.1) is 0 Å². The van der Waals surface area contributed by atoms with Crippen molar-refractivity contribution in [3.63, 3.8) is 0 Å². The van der Waals surface area contributed by atoms with E-state index in [1.807, 2.05) is 12.1 Å². The van der Waals surface area contributed by atoms with E-state index in [4.69, 9.17) is 4.74 Å². The minimum atomic E-state index is -0.305. The lowest BCUT2D eigenvalue weighted by atomic mass is 10.4. The van der Waals surface area contributed by atoms with E-state index in [-0.39, 0.29) is 19.0 Å². The normalized spacial score (nSPS) is 9.42. The van der Waals surface area contributed by atoms with Crippen LogP contribution in [0.2, 0.25) is 0 Å². The third-order valence-electron chi connectivity index (χ3n) is 1.31. The van der Waals surface area contributed by atoms with E-state index in [0.717, 1.165) is 5.69 Å². The maximum Gasteiger partial charge on any atom is 0.306 e. The van der Waals surface area contributed by atoms with E-state index in [1.54, 1.807) is 12.3 Å². The fraction of sp³-hybridized carbons (Fsp3) is 0.222. The molecule has 1 aromatic heterocycles. The zero-order valence-electron chi connectivity index (χ0n) is 6.69. The summed E-state index contributed by atoms with van der Waals surface area (Å²) in [5.74, 6) is -0.305. The monoisotopic (exact) mass is 164 g/mol. The van der Waals surface area contributed by atoms with Crippen LogP contribution in [0.1, 0.15) is 12.1 Å². The average molecular weight is 164 g/mol. The fourth-order valence-corrected chi connectivity index (χ4v) is 0.710. The van der Waals surface area contributed by atoms with Gasteiger partial charge in [0.15, 0.2) is 0 Å². The summed E-state index contributed by atoms with van der Waals surface area (Å²) in [5.41, 5.74) is 0.749. The maximum absolute atomic E-state index is 10.7. The van der Waals surface area contributed by atoms with Crippen molar-refractivity contribution in [2.75, 3.05) is 0 Å². The zero-order chi connectivity index (χ0) is 8.81. The number of rotatable bonds is 3. The summed E-state index contributed by atoms with van der Waals surface area (Å²) in [5, 5.41) is 0. The Morgan fingerprint density at radius 2 is 2.42 bits per heavy atom. The number of ether oxygens (including phenoxy) is 1. The van der Waals surface area contributed by atoms with Crippen LogP contribution in [-0.2, 0) is 16.1 Å². The second-order valence-electron chi connectivity index (χ2n) is 2.23. The highest BCUT2D eigenvalue weighted by atomic mass is 16.5. The van der Waals surface area contributed by atoms with Crippen molar-refractivity contribution < 1.29 is 9.53 Å². The largest absolute Gasteiger partial charge is 0.459 e. The molecule has 0 unspecified atom stereocenters. The average Bonchev–Trinajstić information content (AvgIpc) is 2.16. The van der Waals surface area contributed by atoms with Gasteiger partial charge in [-0.25, -0.2) is 0 Å². The van der Waals surface area contributed by atoms with Crippen LogP contribution in [0.3, 0.4) is 0 Å². The van der Waals surface area contributed by atoms with Gasteiger partial charge in [0.2, 0.25) is 0 Å². The summed E-state index contributed by atoms with van der Waals surface area (Å²) in [4.78, 5) is 14.7. The van der Waals surface area contributed by atoms with Crippen LogP contribution in [0.4, 0.5) is 0 Å². The fourth-order valence-electron chi connectivity index (χ4n) is 0.710. The van der Waals surface area contributed by atoms with E-state index in [2.05, 4.69) is 11.9 Å². The molecule has 0 amide bonds. The lowest BCUT2D eigenvalue weighted by molar-refractivity contribution is -0.144. The first-order valence-corrected chi connectivity index (χ1v) is 3.67. The predicted molar refractivity (Wildman–Crippen MR) is 44.0 cm³/mol. The van der Waals surface area contributed by atoms with Crippen LogP contribution in [0, 0.1) is 6.92 Å². The summed E-state index contributed by atoms with van der Waals surface area (Å²) >= 11 is 0. The number of hydrogen-bond donors (Lipinski definition) is 0. The highest BCUT2D eigenvalue weighted by Crippen LogP contribution is 1.96. The SMILES string of the molecule is [CH2]CC(=O)OCc1ccccn1. The molecular weight excluding hydrogens is 154 g/mol. The Bertz CT molecular complexity index is 246. The summed E-state index contributed by atoms with van der Waals surface area (Å²) < 4.78 is 4.81. The minimum Gasteiger partial charge on any atom is -0.459 e. The van der Waals surface area contributed by atoms with E-state index >= 15 is 0 Å². The van der Waals surface area contributed by atoms with Gasteiger partial charge < -0.3 is 4.74 Å². The molecule has 0 spiro atoms. The van der Waals surface area contributed by atoms with Crippen molar-refractivity contribution >= 4 is 5.97 Å². The van der Waals surface area contributed by atoms with Gasteiger partial charge in [-0.1, -0.05) is 6.07 Å². The van der Waals surface area contributed by atoms with Crippen LogP contribution < -0.4 is 0 Å². The summed E-state index contributed by atoms with van der Waals surface area (Å²) in [6, 6.07) is 5.46. The standard InChI is InChI=1S/C9H10NO2/c1-2-9(11)12-7-8-5-3-4-6-10-8/h3-6H,1-2,7H2. The third-order valence-corrected chi connectivity index (χ3v) is 1.31. The predicted octanol–water partition coefficient (Wildman–Crippen LogP) is 1.35. The highest BCUT2D eigenvalue weighted by Gasteiger charge is 1.98. The number of aromatic nitrogens is 1. The molecule has 1 rings (SSSR count). The Kier molecular flexibility index (Phi) is 3.26. The quantitative estimate of drug-likeness (QED) is 0.633. The zero-order valence-corrected chi connectivity index (χ0v) is 6.69. The van der Waals surface area contributed by atoms with Gasteiger partial charge in [-0.05, 0) is 19.1 Å². The lowest BCUT2D eigenvalue weighted by Gasteiger charge is -2.00. The molecule has 0 atom stereocenters. The summed E-state index contributed by atoms with van der Waals surface area (Å²) in [7, 11) is 0. The Hall–Kier alpha value is -1.38. The molecular formula is C9H10NO2. The number of carbonyl (C=O) groups excluding carboxylic acids is 1. The molecule has 1 aromatic rings. The number of nitrogens with zero attached hydrogens (tertiary/aromatic N) is 1. The smallest absolute Gasteiger partial charge is 0.306 e. The Balaban J connectivity index is 2.38. The van der Waals surface area contributed by atoms with E-state index < -0.39 is 0 Å². The molecule has 0 aromatic carbocycles. The topological polar surface area (TPSA) is 39.2 Å². The Labute approximate surface area is 71.4 Å². The van der Waals surface area contributed by atoms with Gasteiger partial charge in [0.1, 0.15) is 6.61 Å². The molecule has 0 aliphatic carbocycles. The summed E-state index contributed by atoms with van der Waals surface area (Å²) in [6.07, 6.45) is 1.82. The molecule has 3 nitrogen and oxygen atoms in total. The van der Waals surface area contributed by atoms with Gasteiger partial charge in [-0.3, -0.25) is 9.78 Å². The molecule has 0 bridgehead atoms. The number of esters is 1. The molecule has 0 saturated carbocycles. The summed E-state index contributed by atoms with van der Waals surface area (Å²) in [6.45, 7) is 3.63. The maximum atomic E-state index is 10.7. The van der Waals surface area contributed by atoms with Crippen molar-refractivity contribution in [2.24, 2.45) is 0 Å². The number of hydrogen-bond acceptors (Lipinski definition) is 3. The molecule has 0 saturated heterocycles. The first kappa shape index (κ1) is 8.71. The first-order chi connectivity index (χ1) is 5.83. The van der Waals surface area contributed by atoms with E-state index in [1.165, 1.54) is 0 Å². The van der Waals surface area contributed by atoms with Crippen LogP contribution >= 0.6 is 0 Å². The number of pyridine rings is 1. The van der Waals surface area contributed by atoms with Crippen molar-refractivity contribution in [3.8, 4) is 0 Å². The molecule has 12 heavy (non-hydrogen) atoms. The van der Waals surface area contributed by atoms with Crippen molar-refractivity contribution in [3.05, 3.63) is 37.0 Å². The molecule has 1 radical (unpaired) electrons. The minimum absolute atomic E-state index is 0.160. The molecule has 63 valence electrons. The van der Waals surface area contributed by atoms with Crippen molar-refractivity contribution in [1.29, 1.82) is 0 Å². The van der Waals surface area contributed by atoms with Gasteiger partial charge in [0.25, 0.3) is 0 Å². The number of carbonyl (C=O) groups is 1. The van der Waals surface area contributed by atoms with Gasteiger partial charge in [0.05, 0.1) is 5.69 Å². The van der Waals surface area contributed by atoms with Gasteiger partial charge in [0, 0.05) is 12.6 Å². The second-order valence-corrected chi connectivity index (χ2v) is 2.23. The first-order valence-electron chi connectivity index (χ1n) is 3.67. The van der Waals surface area contributed by atoms with Gasteiger partial charge >= 0.3 is 5.97 Å². The van der Waals surface area contributed by atoms with Crippen LogP contribution in [-0.4, -0.2) is 11.0 Å². The second kappa shape index (κ2) is 4.49. The Morgan fingerprint density at radius 3 is 3.00 bits per heavy atom.